The van der Waals surface area contributed by atoms with Crippen LogP contribution in [-0.2, 0) is 11.2 Å². The van der Waals surface area contributed by atoms with Crippen molar-refractivity contribution >= 4 is 0 Å². The van der Waals surface area contributed by atoms with Crippen LogP contribution in [0.5, 0.6) is 5.75 Å². The number of aromatic hydroxyl groups is 1. The summed E-state index contributed by atoms with van der Waals surface area (Å²) < 4.78 is 6.08. The van der Waals surface area contributed by atoms with Gasteiger partial charge in [0.2, 0.25) is 0 Å². The van der Waals surface area contributed by atoms with E-state index in [1.165, 1.54) is 11.1 Å². The lowest BCUT2D eigenvalue weighted by Gasteiger charge is -2.33. The average Bonchev–Trinajstić information content (AvgIpc) is 2.50. The van der Waals surface area contributed by atoms with Crippen molar-refractivity contribution in [1.29, 1.82) is 0 Å². The Morgan fingerprint density at radius 1 is 1.04 bits per heavy atom. The van der Waals surface area contributed by atoms with Gasteiger partial charge in [0.1, 0.15) is 5.75 Å². The fourth-order valence-corrected chi connectivity index (χ4v) is 3.56. The Morgan fingerprint density at radius 2 is 1.78 bits per heavy atom. The van der Waals surface area contributed by atoms with Crippen LogP contribution in [0.1, 0.15) is 55.0 Å². The van der Waals surface area contributed by atoms with E-state index in [0.717, 1.165) is 30.4 Å². The molecule has 2 aromatic carbocycles. The SMILES string of the molecule is Cc1ccc(Cc2cccc([C@H]3C[C@@H](C)C[C@@H](C)O3)c2O)cc1. The third kappa shape index (κ3) is 3.76. The van der Waals surface area contributed by atoms with E-state index in [0.29, 0.717) is 11.7 Å². The average molecular weight is 310 g/mol. The molecule has 3 atom stereocenters. The molecule has 0 bridgehead atoms. The lowest BCUT2D eigenvalue weighted by atomic mass is 9.89. The van der Waals surface area contributed by atoms with Crippen molar-refractivity contribution in [2.24, 2.45) is 5.92 Å². The molecule has 0 spiro atoms. The minimum Gasteiger partial charge on any atom is -0.507 e. The molecule has 2 nitrogen and oxygen atoms in total. The van der Waals surface area contributed by atoms with E-state index < -0.39 is 0 Å². The first kappa shape index (κ1) is 16.1. The third-order valence-corrected chi connectivity index (χ3v) is 4.76. The monoisotopic (exact) mass is 310 g/mol. The second-order valence-corrected chi connectivity index (χ2v) is 7.03. The smallest absolute Gasteiger partial charge is 0.124 e. The number of phenols is 1. The number of phenolic OH excluding ortho intramolecular Hbond substituents is 1. The van der Waals surface area contributed by atoms with Crippen molar-refractivity contribution in [2.75, 3.05) is 0 Å². The molecule has 0 radical (unpaired) electrons. The number of para-hydroxylation sites is 1. The number of ether oxygens (including phenoxy) is 1. The summed E-state index contributed by atoms with van der Waals surface area (Å²) in [5.74, 6) is 1.03. The van der Waals surface area contributed by atoms with Gasteiger partial charge in [0.25, 0.3) is 0 Å². The van der Waals surface area contributed by atoms with Crippen LogP contribution in [-0.4, -0.2) is 11.2 Å². The first-order valence-electron chi connectivity index (χ1n) is 8.54. The molecule has 1 saturated heterocycles. The largest absolute Gasteiger partial charge is 0.507 e. The van der Waals surface area contributed by atoms with Gasteiger partial charge >= 0.3 is 0 Å². The Hall–Kier alpha value is -1.80. The van der Waals surface area contributed by atoms with Gasteiger partial charge in [0.15, 0.2) is 0 Å². The molecule has 3 rings (SSSR count). The molecule has 0 saturated carbocycles. The van der Waals surface area contributed by atoms with Crippen LogP contribution >= 0.6 is 0 Å². The Morgan fingerprint density at radius 3 is 2.48 bits per heavy atom. The zero-order valence-corrected chi connectivity index (χ0v) is 14.3. The molecule has 1 fully saturated rings. The molecule has 1 aliphatic rings. The first-order chi connectivity index (χ1) is 11.0. The molecule has 1 aliphatic heterocycles. The summed E-state index contributed by atoms with van der Waals surface area (Å²) in [5.41, 5.74) is 4.38. The second kappa shape index (κ2) is 6.76. The van der Waals surface area contributed by atoms with Gasteiger partial charge in [0, 0.05) is 12.0 Å². The van der Waals surface area contributed by atoms with Crippen molar-refractivity contribution in [1.82, 2.24) is 0 Å². The highest BCUT2D eigenvalue weighted by Crippen LogP contribution is 2.39. The van der Waals surface area contributed by atoms with Crippen molar-refractivity contribution in [3.63, 3.8) is 0 Å². The van der Waals surface area contributed by atoms with E-state index in [1.807, 2.05) is 18.2 Å². The van der Waals surface area contributed by atoms with Gasteiger partial charge in [-0.05, 0) is 43.7 Å². The van der Waals surface area contributed by atoms with Gasteiger partial charge < -0.3 is 9.84 Å². The van der Waals surface area contributed by atoms with Gasteiger partial charge in [0.05, 0.1) is 12.2 Å². The maximum Gasteiger partial charge on any atom is 0.124 e. The van der Waals surface area contributed by atoms with Gasteiger partial charge in [-0.3, -0.25) is 0 Å². The molecule has 2 aromatic rings. The predicted molar refractivity (Wildman–Crippen MR) is 93.8 cm³/mol. The van der Waals surface area contributed by atoms with Crippen LogP contribution in [0.2, 0.25) is 0 Å². The lowest BCUT2D eigenvalue weighted by Crippen LogP contribution is -2.24. The molecule has 23 heavy (non-hydrogen) atoms. The maximum absolute atomic E-state index is 10.7. The Bertz CT molecular complexity index is 650. The van der Waals surface area contributed by atoms with Crippen LogP contribution in [0.15, 0.2) is 42.5 Å². The standard InChI is InChI=1S/C21H26O2/c1-14-7-9-17(10-8-14)13-18-5-4-6-19(21(18)22)20-12-15(2)11-16(3)23-20/h4-10,15-16,20,22H,11-13H2,1-3H3/t15-,16+,20+/m0/s1. The van der Waals surface area contributed by atoms with E-state index in [4.69, 9.17) is 4.74 Å². The Kier molecular flexibility index (Phi) is 4.72. The summed E-state index contributed by atoms with van der Waals surface area (Å²) >= 11 is 0. The molecular formula is C21H26O2. The summed E-state index contributed by atoms with van der Waals surface area (Å²) in [6.07, 6.45) is 3.08. The zero-order valence-electron chi connectivity index (χ0n) is 14.3. The number of aryl methyl sites for hydroxylation is 1. The normalized spacial score (nSPS) is 24.6. The fraction of sp³-hybridized carbons (Fsp3) is 0.429. The van der Waals surface area contributed by atoms with E-state index in [-0.39, 0.29) is 12.2 Å². The molecule has 1 N–H and O–H groups in total. The number of hydrogen-bond donors (Lipinski definition) is 1. The fourth-order valence-electron chi connectivity index (χ4n) is 3.56. The van der Waals surface area contributed by atoms with Crippen LogP contribution in [0, 0.1) is 12.8 Å². The highest BCUT2D eigenvalue weighted by atomic mass is 16.5. The summed E-state index contributed by atoms with van der Waals surface area (Å²) in [6.45, 7) is 6.47. The lowest BCUT2D eigenvalue weighted by molar-refractivity contribution is -0.0612. The highest BCUT2D eigenvalue weighted by molar-refractivity contribution is 5.44. The van der Waals surface area contributed by atoms with E-state index >= 15 is 0 Å². The molecule has 0 aliphatic carbocycles. The summed E-state index contributed by atoms with van der Waals surface area (Å²) in [7, 11) is 0. The number of hydrogen-bond acceptors (Lipinski definition) is 2. The van der Waals surface area contributed by atoms with Crippen molar-refractivity contribution in [3.8, 4) is 5.75 Å². The summed E-state index contributed by atoms with van der Waals surface area (Å²) in [6, 6.07) is 14.5. The number of benzene rings is 2. The quantitative estimate of drug-likeness (QED) is 0.847. The van der Waals surface area contributed by atoms with Crippen LogP contribution in [0.3, 0.4) is 0 Å². The van der Waals surface area contributed by atoms with Gasteiger partial charge in [-0.25, -0.2) is 0 Å². The molecule has 0 amide bonds. The third-order valence-electron chi connectivity index (χ3n) is 4.76. The van der Waals surface area contributed by atoms with E-state index in [1.54, 1.807) is 0 Å². The van der Waals surface area contributed by atoms with Crippen LogP contribution in [0.4, 0.5) is 0 Å². The Balaban J connectivity index is 1.84. The van der Waals surface area contributed by atoms with Crippen molar-refractivity contribution in [2.45, 2.75) is 52.2 Å². The maximum atomic E-state index is 10.7. The topological polar surface area (TPSA) is 29.5 Å². The molecule has 1 heterocycles. The Labute approximate surface area is 139 Å². The van der Waals surface area contributed by atoms with E-state index in [9.17, 15) is 5.11 Å². The highest BCUT2D eigenvalue weighted by Gasteiger charge is 2.27. The summed E-state index contributed by atoms with van der Waals surface area (Å²) in [4.78, 5) is 0. The van der Waals surface area contributed by atoms with E-state index in [2.05, 4.69) is 45.0 Å². The molecule has 122 valence electrons. The van der Waals surface area contributed by atoms with Gasteiger partial charge in [-0.1, -0.05) is 55.0 Å². The van der Waals surface area contributed by atoms with Crippen LogP contribution in [0.25, 0.3) is 0 Å². The van der Waals surface area contributed by atoms with Crippen molar-refractivity contribution < 1.29 is 9.84 Å². The molecule has 0 unspecified atom stereocenters. The molecular weight excluding hydrogens is 284 g/mol. The van der Waals surface area contributed by atoms with Crippen LogP contribution < -0.4 is 0 Å². The first-order valence-corrected chi connectivity index (χ1v) is 8.54. The summed E-state index contributed by atoms with van der Waals surface area (Å²) in [5, 5.41) is 10.7. The van der Waals surface area contributed by atoms with Crippen molar-refractivity contribution in [3.05, 3.63) is 64.7 Å². The predicted octanol–water partition coefficient (Wildman–Crippen LogP) is 5.17. The minimum atomic E-state index is 0.00622. The van der Waals surface area contributed by atoms with Gasteiger partial charge in [-0.2, -0.15) is 0 Å². The zero-order chi connectivity index (χ0) is 16.4. The van der Waals surface area contributed by atoms with Gasteiger partial charge in [-0.15, -0.1) is 0 Å². The minimum absolute atomic E-state index is 0.00622. The number of rotatable bonds is 3. The second-order valence-electron chi connectivity index (χ2n) is 7.03. The molecule has 2 heteroatoms. The molecule has 0 aromatic heterocycles.